The third-order valence-corrected chi connectivity index (χ3v) is 5.04. The van der Waals surface area contributed by atoms with Crippen LogP contribution in [0.5, 0.6) is 11.5 Å². The van der Waals surface area contributed by atoms with Crippen molar-refractivity contribution in [3.63, 3.8) is 0 Å². The van der Waals surface area contributed by atoms with Crippen molar-refractivity contribution in [3.8, 4) is 11.5 Å². The minimum atomic E-state index is -3.39. The van der Waals surface area contributed by atoms with Crippen LogP contribution >= 0.6 is 0 Å². The van der Waals surface area contributed by atoms with Gasteiger partial charge in [-0.05, 0) is 61.9 Å². The van der Waals surface area contributed by atoms with E-state index in [1.807, 2.05) is 0 Å². The maximum Gasteiger partial charge on any atom is 0.387 e. The van der Waals surface area contributed by atoms with E-state index in [1.165, 1.54) is 61.5 Å². The Morgan fingerprint density at radius 2 is 1.79 bits per heavy atom. The normalized spacial score (nSPS) is 11.6. The number of carbonyl (C=O) groups is 1. The quantitative estimate of drug-likeness (QED) is 0.452. The molecule has 156 valence electrons. The van der Waals surface area contributed by atoms with Crippen LogP contribution in [-0.2, 0) is 10.0 Å². The van der Waals surface area contributed by atoms with Crippen molar-refractivity contribution in [1.82, 2.24) is 0 Å². The zero-order valence-electron chi connectivity index (χ0n) is 15.9. The Labute approximate surface area is 168 Å². The minimum absolute atomic E-state index is 0.0543. The fraction of sp³-hybridized carbons (Fsp3) is 0.250. The van der Waals surface area contributed by atoms with E-state index in [-0.39, 0.29) is 29.6 Å². The fourth-order valence-corrected chi connectivity index (χ4v) is 2.95. The number of rotatable bonds is 10. The second-order valence-electron chi connectivity index (χ2n) is 5.80. The summed E-state index contributed by atoms with van der Waals surface area (Å²) in [6.07, 6.45) is 2.84. The van der Waals surface area contributed by atoms with Crippen molar-refractivity contribution in [2.24, 2.45) is 0 Å². The number of ketones is 1. The van der Waals surface area contributed by atoms with Gasteiger partial charge < -0.3 is 9.47 Å². The van der Waals surface area contributed by atoms with Gasteiger partial charge in [0, 0.05) is 11.3 Å². The first kappa shape index (κ1) is 22.4. The average Bonchev–Trinajstić information content (AvgIpc) is 2.68. The van der Waals surface area contributed by atoms with Gasteiger partial charge in [-0.2, -0.15) is 8.78 Å². The summed E-state index contributed by atoms with van der Waals surface area (Å²) in [5.74, 6) is -0.299. The molecule has 2 aromatic rings. The summed E-state index contributed by atoms with van der Waals surface area (Å²) in [5, 5.41) is 0. The molecular weight excluding hydrogens is 404 g/mol. The number of allylic oxidation sites excluding steroid dienone is 1. The van der Waals surface area contributed by atoms with Gasteiger partial charge in [0.1, 0.15) is 0 Å². The number of halogens is 2. The Bertz CT molecular complexity index is 973. The molecule has 0 saturated heterocycles. The van der Waals surface area contributed by atoms with Gasteiger partial charge in [0.25, 0.3) is 0 Å². The molecule has 0 bridgehead atoms. The largest absolute Gasteiger partial charge is 0.490 e. The first-order chi connectivity index (χ1) is 13.7. The van der Waals surface area contributed by atoms with Crippen LogP contribution in [0, 0.1) is 0 Å². The van der Waals surface area contributed by atoms with Gasteiger partial charge in [0.15, 0.2) is 17.3 Å². The van der Waals surface area contributed by atoms with Crippen molar-refractivity contribution in [2.45, 2.75) is 20.5 Å². The van der Waals surface area contributed by atoms with Gasteiger partial charge in [-0.1, -0.05) is 12.1 Å². The molecule has 0 amide bonds. The molecule has 0 saturated carbocycles. The zero-order chi connectivity index (χ0) is 21.4. The Kier molecular flexibility index (Phi) is 7.72. The summed E-state index contributed by atoms with van der Waals surface area (Å²) in [6, 6.07) is 10.4. The van der Waals surface area contributed by atoms with Crippen molar-refractivity contribution >= 4 is 27.6 Å². The third kappa shape index (κ3) is 6.86. The van der Waals surface area contributed by atoms with E-state index >= 15 is 0 Å². The van der Waals surface area contributed by atoms with E-state index in [0.717, 1.165) is 0 Å². The van der Waals surface area contributed by atoms with Crippen LogP contribution in [-0.4, -0.2) is 33.2 Å². The van der Waals surface area contributed by atoms with Gasteiger partial charge in [-0.25, -0.2) is 8.42 Å². The lowest BCUT2D eigenvalue weighted by atomic mass is 10.1. The number of anilines is 1. The predicted octanol–water partition coefficient (Wildman–Crippen LogP) is 4.34. The topological polar surface area (TPSA) is 81.7 Å². The Morgan fingerprint density at radius 3 is 2.38 bits per heavy atom. The highest BCUT2D eigenvalue weighted by Crippen LogP contribution is 2.30. The summed E-state index contributed by atoms with van der Waals surface area (Å²) < 4.78 is 60.1. The van der Waals surface area contributed by atoms with Crippen LogP contribution in [0.1, 0.15) is 29.8 Å². The van der Waals surface area contributed by atoms with Crippen LogP contribution in [0.2, 0.25) is 0 Å². The Balaban J connectivity index is 2.12. The Morgan fingerprint density at radius 1 is 1.10 bits per heavy atom. The number of hydrogen-bond acceptors (Lipinski definition) is 5. The van der Waals surface area contributed by atoms with Crippen LogP contribution in [0.4, 0.5) is 14.5 Å². The highest BCUT2D eigenvalue weighted by Gasteiger charge is 2.11. The lowest BCUT2D eigenvalue weighted by Crippen LogP contribution is -2.14. The van der Waals surface area contributed by atoms with E-state index in [1.54, 1.807) is 6.92 Å². The van der Waals surface area contributed by atoms with Crippen molar-refractivity contribution in [3.05, 3.63) is 59.7 Å². The molecule has 0 atom stereocenters. The predicted molar refractivity (Wildman–Crippen MR) is 107 cm³/mol. The molecule has 0 aliphatic heterocycles. The number of carbonyl (C=O) groups excluding carboxylic acids is 1. The molecule has 0 spiro atoms. The lowest BCUT2D eigenvalue weighted by molar-refractivity contribution is -0.0514. The molecule has 2 aromatic carbocycles. The highest BCUT2D eigenvalue weighted by atomic mass is 32.2. The van der Waals surface area contributed by atoms with Crippen LogP contribution in [0.3, 0.4) is 0 Å². The average molecular weight is 425 g/mol. The second kappa shape index (κ2) is 10.0. The zero-order valence-corrected chi connectivity index (χ0v) is 16.7. The van der Waals surface area contributed by atoms with E-state index in [0.29, 0.717) is 16.8 Å². The van der Waals surface area contributed by atoms with Gasteiger partial charge in [-0.15, -0.1) is 0 Å². The monoisotopic (exact) mass is 425 g/mol. The maximum atomic E-state index is 12.4. The highest BCUT2D eigenvalue weighted by molar-refractivity contribution is 7.92. The standard InChI is InChI=1S/C20H21F2NO5S/c1-3-27-19-13-14(6-12-18(19)28-20(21)22)5-11-17(24)15-7-9-16(10-8-15)23-29(25,26)4-2/h5-13,20,23H,3-4H2,1-2H3/b11-5+. The molecule has 0 radical (unpaired) electrons. The number of hydrogen-bond donors (Lipinski definition) is 1. The molecule has 0 unspecified atom stereocenters. The van der Waals surface area contributed by atoms with Gasteiger partial charge >= 0.3 is 6.61 Å². The maximum absolute atomic E-state index is 12.4. The first-order valence-corrected chi connectivity index (χ1v) is 10.4. The van der Waals surface area contributed by atoms with Crippen LogP contribution in [0.25, 0.3) is 6.08 Å². The lowest BCUT2D eigenvalue weighted by Gasteiger charge is -2.11. The molecule has 6 nitrogen and oxygen atoms in total. The minimum Gasteiger partial charge on any atom is -0.490 e. The molecule has 0 fully saturated rings. The van der Waals surface area contributed by atoms with E-state index in [9.17, 15) is 22.0 Å². The van der Waals surface area contributed by atoms with E-state index in [4.69, 9.17) is 4.74 Å². The number of sulfonamides is 1. The summed E-state index contributed by atoms with van der Waals surface area (Å²) in [7, 11) is -3.39. The van der Waals surface area contributed by atoms with Gasteiger partial charge in [-0.3, -0.25) is 9.52 Å². The Hall–Kier alpha value is -2.94. The molecule has 2 rings (SSSR count). The molecule has 0 aromatic heterocycles. The van der Waals surface area contributed by atoms with E-state index in [2.05, 4.69) is 9.46 Å². The van der Waals surface area contributed by atoms with Crippen LogP contribution < -0.4 is 14.2 Å². The molecular formula is C20H21F2NO5S. The number of nitrogens with one attached hydrogen (secondary N) is 1. The second-order valence-corrected chi connectivity index (χ2v) is 7.81. The molecule has 9 heteroatoms. The van der Waals surface area contributed by atoms with Gasteiger partial charge in [0.05, 0.1) is 12.4 Å². The van der Waals surface area contributed by atoms with Crippen LogP contribution in [0.15, 0.2) is 48.5 Å². The number of ether oxygens (including phenoxy) is 2. The molecule has 0 aliphatic carbocycles. The smallest absolute Gasteiger partial charge is 0.387 e. The van der Waals surface area contributed by atoms with E-state index < -0.39 is 16.6 Å². The number of alkyl halides is 2. The van der Waals surface area contributed by atoms with Crippen molar-refractivity contribution < 1.29 is 31.5 Å². The van der Waals surface area contributed by atoms with Gasteiger partial charge in [0.2, 0.25) is 10.0 Å². The number of benzene rings is 2. The van der Waals surface area contributed by atoms with Crippen molar-refractivity contribution in [2.75, 3.05) is 17.1 Å². The third-order valence-electron chi connectivity index (χ3n) is 3.73. The molecule has 0 heterocycles. The first-order valence-electron chi connectivity index (χ1n) is 8.78. The summed E-state index contributed by atoms with van der Waals surface area (Å²) in [4.78, 5) is 12.3. The van der Waals surface area contributed by atoms with Crippen molar-refractivity contribution in [1.29, 1.82) is 0 Å². The summed E-state index contributed by atoms with van der Waals surface area (Å²) in [6.45, 7) is 0.526. The SMILES string of the molecule is CCOc1cc(/C=C/C(=O)c2ccc(NS(=O)(=O)CC)cc2)ccc1OC(F)F. The summed E-state index contributed by atoms with van der Waals surface area (Å²) >= 11 is 0. The molecule has 0 aliphatic rings. The molecule has 29 heavy (non-hydrogen) atoms. The fourth-order valence-electron chi connectivity index (χ4n) is 2.31. The summed E-state index contributed by atoms with van der Waals surface area (Å²) in [5.41, 5.74) is 1.29. The molecule has 1 N–H and O–H groups in total.